The van der Waals surface area contributed by atoms with Crippen molar-refractivity contribution in [3.8, 4) is 0 Å². The summed E-state index contributed by atoms with van der Waals surface area (Å²) in [6.45, 7) is 4.23. The second kappa shape index (κ2) is 5.93. The molecule has 2 heterocycles. The molecule has 0 spiro atoms. The number of imidazole rings is 1. The zero-order chi connectivity index (χ0) is 13.1. The number of rotatable bonds is 5. The van der Waals surface area contributed by atoms with Crippen LogP contribution in [0.2, 0.25) is 0 Å². The molecule has 0 N–H and O–H groups in total. The first-order valence-electron chi connectivity index (χ1n) is 6.05. The molecule has 2 aromatic heterocycles. The van der Waals surface area contributed by atoms with Gasteiger partial charge in [0.05, 0.1) is 5.88 Å². The van der Waals surface area contributed by atoms with Crippen LogP contribution in [0.25, 0.3) is 11.2 Å². The molecule has 0 amide bonds. The average Bonchev–Trinajstić information content (AvgIpc) is 2.73. The molecule has 2 aromatic rings. The number of aryl methyl sites for hydroxylation is 1. The molecule has 0 bridgehead atoms. The summed E-state index contributed by atoms with van der Waals surface area (Å²) in [5.41, 5.74) is 3.02. The molecule has 3 nitrogen and oxygen atoms in total. The molecule has 0 fully saturated rings. The maximum atomic E-state index is 6.01. The summed E-state index contributed by atoms with van der Waals surface area (Å²) >= 11 is 7.87. The van der Waals surface area contributed by atoms with Gasteiger partial charge in [-0.2, -0.15) is 11.8 Å². The van der Waals surface area contributed by atoms with E-state index in [1.165, 1.54) is 0 Å². The van der Waals surface area contributed by atoms with Crippen LogP contribution in [0.5, 0.6) is 0 Å². The van der Waals surface area contributed by atoms with Crippen LogP contribution in [0.1, 0.15) is 30.8 Å². The van der Waals surface area contributed by atoms with E-state index in [1.807, 2.05) is 24.9 Å². The van der Waals surface area contributed by atoms with Crippen molar-refractivity contribution in [2.24, 2.45) is 0 Å². The molecule has 1 unspecified atom stereocenters. The first-order chi connectivity index (χ1) is 8.67. The second-order valence-electron chi connectivity index (χ2n) is 4.52. The van der Waals surface area contributed by atoms with E-state index in [1.54, 1.807) is 0 Å². The van der Waals surface area contributed by atoms with Gasteiger partial charge in [0.2, 0.25) is 0 Å². The smallest absolute Gasteiger partial charge is 0.160 e. The van der Waals surface area contributed by atoms with Gasteiger partial charge in [-0.1, -0.05) is 0 Å². The molecule has 0 aliphatic rings. The van der Waals surface area contributed by atoms with Crippen LogP contribution in [0.15, 0.2) is 12.3 Å². The minimum Gasteiger partial charge on any atom is -0.309 e. The van der Waals surface area contributed by atoms with Crippen molar-refractivity contribution in [1.82, 2.24) is 14.5 Å². The lowest BCUT2D eigenvalue weighted by Crippen LogP contribution is -2.10. The first kappa shape index (κ1) is 13.7. The van der Waals surface area contributed by atoms with Crippen molar-refractivity contribution in [2.75, 3.05) is 12.0 Å². The summed E-state index contributed by atoms with van der Waals surface area (Å²) < 4.78 is 2.18. The molecule has 2 rings (SSSR count). The number of thioether (sulfide) groups is 1. The maximum Gasteiger partial charge on any atom is 0.160 e. The lowest BCUT2D eigenvalue weighted by atomic mass is 10.2. The van der Waals surface area contributed by atoms with Gasteiger partial charge >= 0.3 is 0 Å². The molecule has 0 saturated carbocycles. The van der Waals surface area contributed by atoms with Crippen molar-refractivity contribution in [1.29, 1.82) is 0 Å². The normalized spacial score (nSPS) is 13.1. The zero-order valence-electron chi connectivity index (χ0n) is 11.0. The molecule has 18 heavy (non-hydrogen) atoms. The minimum absolute atomic E-state index is 0.381. The highest BCUT2D eigenvalue weighted by molar-refractivity contribution is 7.98. The molecular formula is C13H18ClN3S. The lowest BCUT2D eigenvalue weighted by molar-refractivity contribution is 0.530. The highest BCUT2D eigenvalue weighted by Gasteiger charge is 2.16. The fourth-order valence-electron chi connectivity index (χ4n) is 2.10. The topological polar surface area (TPSA) is 30.7 Å². The third-order valence-corrected chi connectivity index (χ3v) is 3.92. The van der Waals surface area contributed by atoms with Crippen LogP contribution in [0.3, 0.4) is 0 Å². The van der Waals surface area contributed by atoms with Gasteiger partial charge in [0.1, 0.15) is 11.3 Å². The van der Waals surface area contributed by atoms with Crippen LogP contribution in [-0.2, 0) is 5.88 Å². The zero-order valence-corrected chi connectivity index (χ0v) is 12.6. The Morgan fingerprint density at radius 3 is 2.94 bits per heavy atom. The highest BCUT2D eigenvalue weighted by Crippen LogP contribution is 2.24. The first-order valence-corrected chi connectivity index (χ1v) is 7.98. The average molecular weight is 284 g/mol. The Hall–Kier alpha value is -0.740. The van der Waals surface area contributed by atoms with E-state index in [0.717, 1.165) is 34.7 Å². The fraction of sp³-hybridized carbons (Fsp3) is 0.538. The van der Waals surface area contributed by atoms with Crippen molar-refractivity contribution >= 4 is 34.5 Å². The third-order valence-electron chi connectivity index (χ3n) is 3.04. The van der Waals surface area contributed by atoms with Crippen molar-refractivity contribution in [3.63, 3.8) is 0 Å². The van der Waals surface area contributed by atoms with Crippen molar-refractivity contribution in [2.45, 2.75) is 32.2 Å². The molecule has 0 aromatic carbocycles. The fourth-order valence-corrected chi connectivity index (χ4v) is 2.87. The monoisotopic (exact) mass is 283 g/mol. The van der Waals surface area contributed by atoms with Crippen LogP contribution in [-0.4, -0.2) is 26.5 Å². The summed E-state index contributed by atoms with van der Waals surface area (Å²) in [5, 5.41) is 0. The van der Waals surface area contributed by atoms with Crippen LogP contribution in [0.4, 0.5) is 0 Å². The van der Waals surface area contributed by atoms with E-state index in [4.69, 9.17) is 11.6 Å². The molecule has 0 aliphatic carbocycles. The molecule has 5 heteroatoms. The Morgan fingerprint density at radius 1 is 1.50 bits per heavy atom. The summed E-state index contributed by atoms with van der Waals surface area (Å²) in [5.74, 6) is 2.48. The minimum atomic E-state index is 0.381. The van der Waals surface area contributed by atoms with Gasteiger partial charge in [0, 0.05) is 12.2 Å². The predicted molar refractivity (Wildman–Crippen MR) is 79.5 cm³/mol. The van der Waals surface area contributed by atoms with Crippen molar-refractivity contribution in [3.05, 3.63) is 23.7 Å². The standard InChI is InChI=1S/C13H18ClN3S/c1-9-6-11-13(15-8-9)17(12(7-14)16-11)10(2)4-5-18-3/h6,8,10H,4-5,7H2,1-3H3. The summed E-state index contributed by atoms with van der Waals surface area (Å²) in [7, 11) is 0. The number of alkyl halides is 1. The Labute approximate surface area is 117 Å². The lowest BCUT2D eigenvalue weighted by Gasteiger charge is -2.15. The summed E-state index contributed by atoms with van der Waals surface area (Å²) in [4.78, 5) is 9.10. The number of fused-ring (bicyclic) bond motifs is 1. The molecule has 0 radical (unpaired) electrons. The Kier molecular flexibility index (Phi) is 4.51. The quantitative estimate of drug-likeness (QED) is 0.782. The molecule has 0 saturated heterocycles. The van der Waals surface area contributed by atoms with E-state index >= 15 is 0 Å². The largest absolute Gasteiger partial charge is 0.309 e. The molecule has 98 valence electrons. The van der Waals surface area contributed by atoms with E-state index in [2.05, 4.69) is 33.8 Å². The van der Waals surface area contributed by atoms with Gasteiger partial charge in [-0.05, 0) is 43.9 Å². The van der Waals surface area contributed by atoms with E-state index < -0.39 is 0 Å². The van der Waals surface area contributed by atoms with Crippen molar-refractivity contribution < 1.29 is 0 Å². The number of hydrogen-bond donors (Lipinski definition) is 0. The van der Waals surface area contributed by atoms with E-state index in [9.17, 15) is 0 Å². The number of halogens is 1. The Bertz CT molecular complexity index is 538. The van der Waals surface area contributed by atoms with Crippen LogP contribution in [0, 0.1) is 6.92 Å². The number of hydrogen-bond acceptors (Lipinski definition) is 3. The Balaban J connectivity index is 2.46. The van der Waals surface area contributed by atoms with Gasteiger partial charge in [0.15, 0.2) is 5.65 Å². The van der Waals surface area contributed by atoms with Gasteiger partial charge in [-0.15, -0.1) is 11.6 Å². The molecular weight excluding hydrogens is 266 g/mol. The molecule has 0 aliphatic heterocycles. The number of aromatic nitrogens is 3. The van der Waals surface area contributed by atoms with Crippen LogP contribution >= 0.6 is 23.4 Å². The van der Waals surface area contributed by atoms with Gasteiger partial charge in [-0.3, -0.25) is 0 Å². The van der Waals surface area contributed by atoms with E-state index in [0.29, 0.717) is 11.9 Å². The van der Waals surface area contributed by atoms with E-state index in [-0.39, 0.29) is 0 Å². The number of nitrogens with zero attached hydrogens (tertiary/aromatic N) is 3. The summed E-state index contributed by atoms with van der Waals surface area (Å²) in [6.07, 6.45) is 5.12. The van der Waals surface area contributed by atoms with Gasteiger partial charge < -0.3 is 4.57 Å². The predicted octanol–water partition coefficient (Wildman–Crippen LogP) is 3.79. The SMILES string of the molecule is CSCCC(C)n1c(CCl)nc2cc(C)cnc21. The highest BCUT2D eigenvalue weighted by atomic mass is 35.5. The Morgan fingerprint density at radius 2 is 2.28 bits per heavy atom. The summed E-state index contributed by atoms with van der Waals surface area (Å²) in [6, 6.07) is 2.45. The molecule has 1 atom stereocenters. The second-order valence-corrected chi connectivity index (χ2v) is 5.77. The van der Waals surface area contributed by atoms with Gasteiger partial charge in [-0.25, -0.2) is 9.97 Å². The van der Waals surface area contributed by atoms with Crippen LogP contribution < -0.4 is 0 Å². The third kappa shape index (κ3) is 2.64. The maximum absolute atomic E-state index is 6.01. The van der Waals surface area contributed by atoms with Gasteiger partial charge in [0.25, 0.3) is 0 Å². The number of pyridine rings is 1.